The maximum atomic E-state index is 5.52. The highest BCUT2D eigenvalue weighted by Gasteiger charge is 2.18. The second-order valence-electron chi connectivity index (χ2n) is 2.77. The van der Waals surface area contributed by atoms with E-state index in [1.807, 2.05) is 0 Å². The zero-order valence-electron chi connectivity index (χ0n) is 6.34. The summed E-state index contributed by atoms with van der Waals surface area (Å²) in [7, 11) is 0. The van der Waals surface area contributed by atoms with Crippen LogP contribution in [0, 0.1) is 5.92 Å². The van der Waals surface area contributed by atoms with Crippen LogP contribution in [0.1, 0.15) is 6.92 Å². The fourth-order valence-electron chi connectivity index (χ4n) is 1.07. The second kappa shape index (κ2) is 4.21. The first-order valence-electron chi connectivity index (χ1n) is 3.77. The fraction of sp³-hybridized carbons (Fsp3) is 1.00. The van der Waals surface area contributed by atoms with Crippen molar-refractivity contribution in [3.63, 3.8) is 0 Å². The van der Waals surface area contributed by atoms with Gasteiger partial charge in [0, 0.05) is 13.1 Å². The van der Waals surface area contributed by atoms with E-state index >= 15 is 0 Å². The van der Waals surface area contributed by atoms with Crippen LogP contribution >= 0.6 is 12.6 Å². The maximum absolute atomic E-state index is 5.52. The lowest BCUT2D eigenvalue weighted by molar-refractivity contribution is 0.00179. The number of hydrogen-bond donors (Lipinski definition) is 2. The number of ether oxygens (including phenoxy) is 1. The summed E-state index contributed by atoms with van der Waals surface area (Å²) in [5, 5.41) is 3.29. The average molecular weight is 161 g/mol. The summed E-state index contributed by atoms with van der Waals surface area (Å²) in [5.41, 5.74) is 0. The molecule has 3 heteroatoms. The molecule has 0 bridgehead atoms. The van der Waals surface area contributed by atoms with E-state index in [1.54, 1.807) is 0 Å². The van der Waals surface area contributed by atoms with Crippen molar-refractivity contribution in [1.82, 2.24) is 5.32 Å². The van der Waals surface area contributed by atoms with E-state index in [0.717, 1.165) is 25.4 Å². The number of thiol groups is 1. The van der Waals surface area contributed by atoms with Crippen molar-refractivity contribution in [3.8, 4) is 0 Å². The van der Waals surface area contributed by atoms with Crippen molar-refractivity contribution in [3.05, 3.63) is 0 Å². The predicted molar refractivity (Wildman–Crippen MR) is 45.6 cm³/mol. The zero-order valence-corrected chi connectivity index (χ0v) is 7.23. The summed E-state index contributed by atoms with van der Waals surface area (Å²) in [6, 6.07) is 0. The molecule has 0 spiro atoms. The Labute approximate surface area is 67.7 Å². The molecular weight excluding hydrogens is 146 g/mol. The SMILES string of the molecule is C[C@H](CS)[C@@H]1CNCCO1. The van der Waals surface area contributed by atoms with Gasteiger partial charge in [-0.25, -0.2) is 0 Å². The van der Waals surface area contributed by atoms with Gasteiger partial charge in [0.05, 0.1) is 12.7 Å². The summed E-state index contributed by atoms with van der Waals surface area (Å²) >= 11 is 4.22. The van der Waals surface area contributed by atoms with E-state index < -0.39 is 0 Å². The Balaban J connectivity index is 2.24. The van der Waals surface area contributed by atoms with E-state index in [0.29, 0.717) is 12.0 Å². The minimum Gasteiger partial charge on any atom is -0.375 e. The molecule has 1 rings (SSSR count). The minimum absolute atomic E-state index is 0.381. The molecule has 2 nitrogen and oxygen atoms in total. The molecule has 0 aliphatic carbocycles. The first kappa shape index (κ1) is 8.37. The topological polar surface area (TPSA) is 21.3 Å². The summed E-state index contributed by atoms with van der Waals surface area (Å²) in [6.07, 6.45) is 0.381. The largest absolute Gasteiger partial charge is 0.375 e. The Morgan fingerprint density at radius 3 is 3.10 bits per heavy atom. The third kappa shape index (κ3) is 2.15. The molecule has 1 N–H and O–H groups in total. The lowest BCUT2D eigenvalue weighted by atomic mass is 10.1. The van der Waals surface area contributed by atoms with Crippen molar-refractivity contribution in [2.24, 2.45) is 5.92 Å². The van der Waals surface area contributed by atoms with E-state index in [-0.39, 0.29) is 0 Å². The van der Waals surface area contributed by atoms with Crippen LogP contribution < -0.4 is 5.32 Å². The van der Waals surface area contributed by atoms with Crippen LogP contribution in [0.3, 0.4) is 0 Å². The average Bonchev–Trinajstić information content (AvgIpc) is 2.05. The van der Waals surface area contributed by atoms with Crippen LogP contribution in [0.5, 0.6) is 0 Å². The van der Waals surface area contributed by atoms with Gasteiger partial charge in [0.2, 0.25) is 0 Å². The predicted octanol–water partition coefficient (Wildman–Crippen LogP) is 0.541. The van der Waals surface area contributed by atoms with Gasteiger partial charge in [0.1, 0.15) is 0 Å². The molecule has 1 heterocycles. The Kier molecular flexibility index (Phi) is 3.52. The van der Waals surface area contributed by atoms with E-state index in [2.05, 4.69) is 24.9 Å². The van der Waals surface area contributed by atoms with Crippen molar-refractivity contribution in [2.75, 3.05) is 25.4 Å². The van der Waals surface area contributed by atoms with Crippen LogP contribution in [0.2, 0.25) is 0 Å². The van der Waals surface area contributed by atoms with Gasteiger partial charge in [-0.2, -0.15) is 12.6 Å². The van der Waals surface area contributed by atoms with E-state index in [1.165, 1.54) is 0 Å². The van der Waals surface area contributed by atoms with Gasteiger partial charge in [0.25, 0.3) is 0 Å². The zero-order chi connectivity index (χ0) is 7.40. The van der Waals surface area contributed by atoms with Gasteiger partial charge in [-0.15, -0.1) is 0 Å². The van der Waals surface area contributed by atoms with E-state index in [9.17, 15) is 0 Å². The van der Waals surface area contributed by atoms with Gasteiger partial charge in [-0.3, -0.25) is 0 Å². The molecule has 10 heavy (non-hydrogen) atoms. The van der Waals surface area contributed by atoms with Gasteiger partial charge in [-0.05, 0) is 11.7 Å². The molecule has 0 radical (unpaired) electrons. The third-order valence-corrected chi connectivity index (χ3v) is 2.45. The lowest BCUT2D eigenvalue weighted by Crippen LogP contribution is -2.42. The minimum atomic E-state index is 0.381. The summed E-state index contributed by atoms with van der Waals surface area (Å²) in [6.45, 7) is 5.00. The first-order chi connectivity index (χ1) is 4.84. The second-order valence-corrected chi connectivity index (χ2v) is 3.14. The normalized spacial score (nSPS) is 30.0. The van der Waals surface area contributed by atoms with Crippen molar-refractivity contribution < 1.29 is 4.74 Å². The Bertz CT molecular complexity index is 93.6. The number of rotatable bonds is 2. The molecule has 60 valence electrons. The lowest BCUT2D eigenvalue weighted by Gasteiger charge is -2.27. The molecule has 0 aromatic carbocycles. The molecule has 1 aliphatic rings. The fourth-order valence-corrected chi connectivity index (χ4v) is 1.30. The number of nitrogens with one attached hydrogen (secondary N) is 1. The number of morpholine rings is 1. The molecule has 0 aromatic rings. The Morgan fingerprint density at radius 1 is 1.80 bits per heavy atom. The molecule has 0 unspecified atom stereocenters. The van der Waals surface area contributed by atoms with Gasteiger partial charge >= 0.3 is 0 Å². The summed E-state index contributed by atoms with van der Waals surface area (Å²) in [5.74, 6) is 1.47. The smallest absolute Gasteiger partial charge is 0.0733 e. The van der Waals surface area contributed by atoms with Gasteiger partial charge in [-0.1, -0.05) is 6.92 Å². The standard InChI is InChI=1S/C7H15NOS/c1-6(5-10)7-4-8-2-3-9-7/h6-8,10H,2-5H2,1H3/t6-,7+/m1/s1. The van der Waals surface area contributed by atoms with Gasteiger partial charge < -0.3 is 10.1 Å². The van der Waals surface area contributed by atoms with Crippen molar-refractivity contribution >= 4 is 12.6 Å². The van der Waals surface area contributed by atoms with Crippen molar-refractivity contribution in [2.45, 2.75) is 13.0 Å². The molecule has 1 fully saturated rings. The molecule has 0 amide bonds. The summed E-state index contributed by atoms with van der Waals surface area (Å²) in [4.78, 5) is 0. The number of hydrogen-bond acceptors (Lipinski definition) is 3. The van der Waals surface area contributed by atoms with Crippen LogP contribution in [-0.2, 0) is 4.74 Å². The third-order valence-electron chi connectivity index (χ3n) is 1.88. The van der Waals surface area contributed by atoms with Crippen molar-refractivity contribution in [1.29, 1.82) is 0 Å². The van der Waals surface area contributed by atoms with Crippen LogP contribution in [0.4, 0.5) is 0 Å². The van der Waals surface area contributed by atoms with Crippen LogP contribution in [0.25, 0.3) is 0 Å². The monoisotopic (exact) mass is 161 g/mol. The van der Waals surface area contributed by atoms with Gasteiger partial charge in [0.15, 0.2) is 0 Å². The van der Waals surface area contributed by atoms with Crippen LogP contribution in [0.15, 0.2) is 0 Å². The highest BCUT2D eigenvalue weighted by atomic mass is 32.1. The van der Waals surface area contributed by atoms with E-state index in [4.69, 9.17) is 4.74 Å². The quantitative estimate of drug-likeness (QED) is 0.577. The summed E-state index contributed by atoms with van der Waals surface area (Å²) < 4.78 is 5.52. The Morgan fingerprint density at radius 2 is 2.60 bits per heavy atom. The highest BCUT2D eigenvalue weighted by Crippen LogP contribution is 2.10. The molecule has 2 atom stereocenters. The maximum Gasteiger partial charge on any atom is 0.0733 e. The molecule has 0 aromatic heterocycles. The molecule has 0 saturated carbocycles. The highest BCUT2D eigenvalue weighted by molar-refractivity contribution is 7.80. The first-order valence-corrected chi connectivity index (χ1v) is 4.41. The molecule has 1 saturated heterocycles. The molecular formula is C7H15NOS. The van der Waals surface area contributed by atoms with Crippen LogP contribution in [-0.4, -0.2) is 31.6 Å². The Hall–Kier alpha value is 0.270. The molecule has 1 aliphatic heterocycles.